The van der Waals surface area contributed by atoms with Crippen LogP contribution < -0.4 is 5.32 Å². The van der Waals surface area contributed by atoms with Gasteiger partial charge in [0.15, 0.2) is 0 Å². The van der Waals surface area contributed by atoms with Gasteiger partial charge in [-0.25, -0.2) is 5.32 Å². The van der Waals surface area contributed by atoms with Crippen LogP contribution in [-0.2, 0) is 4.79 Å². The Morgan fingerprint density at radius 2 is 2.45 bits per heavy atom. The second-order valence-corrected chi connectivity index (χ2v) is 2.96. The van der Waals surface area contributed by atoms with E-state index in [0.29, 0.717) is 12.5 Å². The van der Waals surface area contributed by atoms with Crippen molar-refractivity contribution in [2.24, 2.45) is 5.92 Å². The summed E-state index contributed by atoms with van der Waals surface area (Å²) in [6.07, 6.45) is 8.03. The zero-order valence-corrected chi connectivity index (χ0v) is 6.29. The molecule has 1 heterocycles. The number of carbonyl (C=O) groups excluding carboxylic acids is 1. The van der Waals surface area contributed by atoms with E-state index in [1.165, 1.54) is 0 Å². The molecular formula is C9H10NO. The highest BCUT2D eigenvalue weighted by atomic mass is 16.1. The lowest BCUT2D eigenvalue weighted by Gasteiger charge is -2.24. The van der Waals surface area contributed by atoms with E-state index >= 15 is 0 Å². The molecule has 57 valence electrons. The summed E-state index contributed by atoms with van der Waals surface area (Å²) in [6, 6.07) is 0. The lowest BCUT2D eigenvalue weighted by Crippen LogP contribution is -2.31. The molecule has 1 aliphatic heterocycles. The number of fused-ring (bicyclic) bond motifs is 1. The molecule has 1 fully saturated rings. The Hall–Kier alpha value is -1.05. The van der Waals surface area contributed by atoms with Crippen molar-refractivity contribution in [2.45, 2.75) is 12.8 Å². The van der Waals surface area contributed by atoms with E-state index in [1.54, 1.807) is 0 Å². The largest absolute Gasteiger partial charge is 0.268 e. The summed E-state index contributed by atoms with van der Waals surface area (Å²) < 4.78 is 0. The minimum atomic E-state index is 0.00519. The minimum absolute atomic E-state index is 0.00519. The summed E-state index contributed by atoms with van der Waals surface area (Å²) in [6.45, 7) is 0.717. The summed E-state index contributed by atoms with van der Waals surface area (Å²) in [4.78, 5) is 11.2. The van der Waals surface area contributed by atoms with Gasteiger partial charge >= 0.3 is 0 Å². The van der Waals surface area contributed by atoms with Crippen molar-refractivity contribution in [1.29, 1.82) is 0 Å². The van der Waals surface area contributed by atoms with Crippen LogP contribution in [0, 0.1) is 5.92 Å². The van der Waals surface area contributed by atoms with Gasteiger partial charge in [0.05, 0.1) is 0 Å². The molecule has 0 aromatic carbocycles. The molecule has 0 saturated carbocycles. The standard InChI is InChI=1S/C9H10NO/c11-9-8-4-2-1-3-7(8)5-6-10-9/h1-2,4,7H,3,5-6H2. The van der Waals surface area contributed by atoms with E-state index in [9.17, 15) is 4.79 Å². The first kappa shape index (κ1) is 6.65. The average Bonchev–Trinajstić information content (AvgIpc) is 2.06. The van der Waals surface area contributed by atoms with Crippen molar-refractivity contribution < 1.29 is 4.79 Å². The number of hydrogen-bond acceptors (Lipinski definition) is 1. The van der Waals surface area contributed by atoms with Gasteiger partial charge in [0.1, 0.15) is 0 Å². The molecule has 1 amide bonds. The SMILES string of the molecule is O=C1[N]CCC2CC=CC=C12. The number of hydrogen-bond donors (Lipinski definition) is 0. The maximum atomic E-state index is 11.2. The number of rotatable bonds is 0. The third kappa shape index (κ3) is 1.09. The Kier molecular flexibility index (Phi) is 1.53. The number of carbonyl (C=O) groups is 1. The highest BCUT2D eigenvalue weighted by molar-refractivity contribution is 5.95. The molecule has 1 unspecified atom stereocenters. The molecule has 0 bridgehead atoms. The highest BCUT2D eigenvalue weighted by Gasteiger charge is 2.26. The lowest BCUT2D eigenvalue weighted by atomic mass is 9.86. The summed E-state index contributed by atoms with van der Waals surface area (Å²) in [5, 5.41) is 3.87. The van der Waals surface area contributed by atoms with Crippen LogP contribution in [0.5, 0.6) is 0 Å². The number of nitrogens with zero attached hydrogens (tertiary/aromatic N) is 1. The molecule has 1 radical (unpaired) electrons. The maximum absolute atomic E-state index is 11.2. The first-order valence-corrected chi connectivity index (χ1v) is 3.96. The van der Waals surface area contributed by atoms with Crippen molar-refractivity contribution in [1.82, 2.24) is 5.32 Å². The molecule has 11 heavy (non-hydrogen) atoms. The molecule has 0 aromatic rings. The predicted octanol–water partition coefficient (Wildman–Crippen LogP) is 1.02. The van der Waals surface area contributed by atoms with Crippen LogP contribution in [0.25, 0.3) is 0 Å². The molecule has 1 saturated heterocycles. The van der Waals surface area contributed by atoms with Crippen molar-refractivity contribution >= 4 is 5.91 Å². The third-order valence-corrected chi connectivity index (χ3v) is 2.25. The van der Waals surface area contributed by atoms with Gasteiger partial charge < -0.3 is 0 Å². The fraction of sp³-hybridized carbons (Fsp3) is 0.444. The van der Waals surface area contributed by atoms with Crippen LogP contribution in [0.15, 0.2) is 23.8 Å². The molecule has 1 atom stereocenters. The van der Waals surface area contributed by atoms with Crippen LogP contribution >= 0.6 is 0 Å². The average molecular weight is 148 g/mol. The second-order valence-electron chi connectivity index (χ2n) is 2.96. The molecule has 0 aromatic heterocycles. The van der Waals surface area contributed by atoms with Gasteiger partial charge in [-0.15, -0.1) is 0 Å². The predicted molar refractivity (Wildman–Crippen MR) is 42.0 cm³/mol. The van der Waals surface area contributed by atoms with Crippen molar-refractivity contribution in [3.05, 3.63) is 23.8 Å². The Balaban J connectivity index is 2.27. The Bertz CT molecular complexity index is 240. The van der Waals surface area contributed by atoms with E-state index in [-0.39, 0.29) is 5.91 Å². The van der Waals surface area contributed by atoms with E-state index in [4.69, 9.17) is 0 Å². The molecule has 2 rings (SSSR count). The summed E-state index contributed by atoms with van der Waals surface area (Å²) in [5.41, 5.74) is 0.916. The Morgan fingerprint density at radius 1 is 1.55 bits per heavy atom. The fourth-order valence-electron chi connectivity index (χ4n) is 1.61. The second kappa shape index (κ2) is 2.53. The van der Waals surface area contributed by atoms with Gasteiger partial charge in [0, 0.05) is 12.1 Å². The lowest BCUT2D eigenvalue weighted by molar-refractivity contribution is -0.119. The van der Waals surface area contributed by atoms with Crippen LogP contribution in [0.1, 0.15) is 12.8 Å². The molecule has 2 aliphatic rings. The van der Waals surface area contributed by atoms with E-state index in [2.05, 4.69) is 11.4 Å². The van der Waals surface area contributed by atoms with Crippen molar-refractivity contribution in [3.8, 4) is 0 Å². The van der Waals surface area contributed by atoms with Crippen LogP contribution in [0.4, 0.5) is 0 Å². The summed E-state index contributed by atoms with van der Waals surface area (Å²) in [7, 11) is 0. The van der Waals surface area contributed by atoms with Gasteiger partial charge in [-0.05, 0) is 18.8 Å². The molecular weight excluding hydrogens is 138 g/mol. The Labute approximate surface area is 66.0 Å². The normalized spacial score (nSPS) is 28.9. The molecule has 2 nitrogen and oxygen atoms in total. The first-order valence-electron chi connectivity index (χ1n) is 3.96. The highest BCUT2D eigenvalue weighted by Crippen LogP contribution is 2.26. The fourth-order valence-corrected chi connectivity index (χ4v) is 1.61. The molecule has 0 spiro atoms. The van der Waals surface area contributed by atoms with Gasteiger partial charge in [0.25, 0.3) is 5.91 Å². The van der Waals surface area contributed by atoms with E-state index in [0.717, 1.165) is 18.4 Å². The molecule has 2 heteroatoms. The number of allylic oxidation sites excluding steroid dienone is 3. The van der Waals surface area contributed by atoms with Gasteiger partial charge in [-0.3, -0.25) is 4.79 Å². The van der Waals surface area contributed by atoms with Crippen LogP contribution in [0.3, 0.4) is 0 Å². The third-order valence-electron chi connectivity index (χ3n) is 2.25. The van der Waals surface area contributed by atoms with E-state index < -0.39 is 0 Å². The smallest absolute Gasteiger partial charge is 0.268 e. The van der Waals surface area contributed by atoms with E-state index in [1.807, 2.05) is 12.2 Å². The topological polar surface area (TPSA) is 31.2 Å². The Morgan fingerprint density at radius 3 is 3.27 bits per heavy atom. The zero-order valence-electron chi connectivity index (χ0n) is 6.29. The number of amides is 1. The van der Waals surface area contributed by atoms with Gasteiger partial charge in [-0.1, -0.05) is 18.2 Å². The molecule has 0 N–H and O–H groups in total. The first-order chi connectivity index (χ1) is 5.38. The van der Waals surface area contributed by atoms with Gasteiger partial charge in [-0.2, -0.15) is 0 Å². The van der Waals surface area contributed by atoms with Crippen LogP contribution in [0.2, 0.25) is 0 Å². The van der Waals surface area contributed by atoms with Crippen molar-refractivity contribution in [2.75, 3.05) is 6.54 Å². The van der Waals surface area contributed by atoms with Gasteiger partial charge in [0.2, 0.25) is 0 Å². The summed E-state index contributed by atoms with van der Waals surface area (Å²) >= 11 is 0. The zero-order chi connectivity index (χ0) is 7.68. The monoisotopic (exact) mass is 148 g/mol. The van der Waals surface area contributed by atoms with Crippen LogP contribution in [-0.4, -0.2) is 12.5 Å². The summed E-state index contributed by atoms with van der Waals surface area (Å²) in [5.74, 6) is 0.468. The maximum Gasteiger partial charge on any atom is 0.268 e. The minimum Gasteiger partial charge on any atom is -0.268 e. The quantitative estimate of drug-likeness (QED) is 0.504. The number of piperidine rings is 1. The molecule has 1 aliphatic carbocycles. The van der Waals surface area contributed by atoms with Crippen molar-refractivity contribution in [3.63, 3.8) is 0 Å².